The summed E-state index contributed by atoms with van der Waals surface area (Å²) in [7, 11) is 0. The smallest absolute Gasteiger partial charge is 0.227 e. The first-order valence-electron chi connectivity index (χ1n) is 5.41. The second-order valence-corrected chi connectivity index (χ2v) is 4.12. The minimum Gasteiger partial charge on any atom is -0.506 e. The highest BCUT2D eigenvalue weighted by Gasteiger charge is 2.31. The third-order valence-corrected chi connectivity index (χ3v) is 2.84. The van der Waals surface area contributed by atoms with Crippen molar-refractivity contribution in [3.05, 3.63) is 34.5 Å². The number of halogens is 1. The molecule has 0 bridgehead atoms. The van der Waals surface area contributed by atoms with E-state index in [2.05, 4.69) is 10.0 Å². The molecule has 0 saturated carbocycles. The molecule has 18 heavy (non-hydrogen) atoms. The number of rotatable bonds is 3. The fourth-order valence-electron chi connectivity index (χ4n) is 2.01. The highest BCUT2D eigenvalue weighted by atomic mass is 19.1. The fourth-order valence-corrected chi connectivity index (χ4v) is 2.01. The van der Waals surface area contributed by atoms with Gasteiger partial charge in [0.15, 0.2) is 0 Å². The van der Waals surface area contributed by atoms with E-state index in [9.17, 15) is 14.3 Å². The maximum Gasteiger partial charge on any atom is 0.227 e. The second-order valence-electron chi connectivity index (χ2n) is 4.12. The topological polar surface area (TPSA) is 89.3 Å². The van der Waals surface area contributed by atoms with Crippen LogP contribution in [-0.2, 0) is 4.79 Å². The van der Waals surface area contributed by atoms with Crippen molar-refractivity contribution in [1.82, 2.24) is 0 Å². The first-order valence-corrected chi connectivity index (χ1v) is 5.41. The van der Waals surface area contributed by atoms with Crippen LogP contribution in [0.4, 0.5) is 10.1 Å². The van der Waals surface area contributed by atoms with Gasteiger partial charge in [-0.25, -0.2) is 4.39 Å². The molecule has 2 rings (SSSR count). The number of benzene rings is 1. The predicted octanol–water partition coefficient (Wildman–Crippen LogP) is 2.19. The van der Waals surface area contributed by atoms with Gasteiger partial charge in [-0.2, -0.15) is 0 Å². The average molecular weight is 250 g/mol. The highest BCUT2D eigenvalue weighted by molar-refractivity contribution is 5.97. The summed E-state index contributed by atoms with van der Waals surface area (Å²) in [5, 5.41) is 13.0. The Morgan fingerprint density at radius 1 is 1.61 bits per heavy atom. The largest absolute Gasteiger partial charge is 0.506 e. The van der Waals surface area contributed by atoms with Crippen LogP contribution in [0.2, 0.25) is 0 Å². The van der Waals surface area contributed by atoms with Crippen LogP contribution >= 0.6 is 0 Å². The van der Waals surface area contributed by atoms with Crippen LogP contribution in [0.1, 0.15) is 6.42 Å². The van der Waals surface area contributed by atoms with Crippen LogP contribution in [0.5, 0.6) is 5.75 Å². The number of amides is 1. The zero-order chi connectivity index (χ0) is 13.1. The number of hydrogen-bond acceptors (Lipinski definition) is 3. The lowest BCUT2D eigenvalue weighted by atomic mass is 10.1. The first kappa shape index (κ1) is 12.2. The van der Waals surface area contributed by atoms with Crippen molar-refractivity contribution in [2.45, 2.75) is 6.42 Å². The van der Waals surface area contributed by atoms with E-state index >= 15 is 0 Å². The maximum atomic E-state index is 12.9. The molecular weight excluding hydrogens is 239 g/mol. The van der Waals surface area contributed by atoms with E-state index in [0.717, 1.165) is 6.07 Å². The van der Waals surface area contributed by atoms with E-state index < -0.39 is 5.82 Å². The van der Waals surface area contributed by atoms with E-state index in [-0.39, 0.29) is 36.2 Å². The van der Waals surface area contributed by atoms with E-state index in [1.165, 1.54) is 17.0 Å². The predicted molar refractivity (Wildman–Crippen MR) is 62.5 cm³/mol. The Bertz CT molecular complexity index is 528. The molecule has 1 fully saturated rings. The van der Waals surface area contributed by atoms with Crippen molar-refractivity contribution < 1.29 is 14.3 Å². The van der Waals surface area contributed by atoms with Crippen LogP contribution in [0.3, 0.4) is 0 Å². The van der Waals surface area contributed by atoms with Gasteiger partial charge in [0, 0.05) is 30.5 Å². The van der Waals surface area contributed by atoms with Crippen molar-refractivity contribution in [2.24, 2.45) is 11.0 Å². The van der Waals surface area contributed by atoms with Gasteiger partial charge in [-0.05, 0) is 23.6 Å². The van der Waals surface area contributed by atoms with Gasteiger partial charge >= 0.3 is 0 Å². The number of phenols is 1. The number of carbonyl (C=O) groups is 1. The molecule has 1 amide bonds. The minimum absolute atomic E-state index is 0.0714. The molecule has 1 unspecified atom stereocenters. The molecule has 94 valence electrons. The van der Waals surface area contributed by atoms with Gasteiger partial charge in [-0.3, -0.25) is 4.79 Å². The third-order valence-electron chi connectivity index (χ3n) is 2.84. The van der Waals surface area contributed by atoms with Gasteiger partial charge in [0.2, 0.25) is 5.91 Å². The lowest BCUT2D eigenvalue weighted by Crippen LogP contribution is -2.24. The minimum atomic E-state index is -0.562. The van der Waals surface area contributed by atoms with Gasteiger partial charge in [0.05, 0.1) is 5.69 Å². The lowest BCUT2D eigenvalue weighted by molar-refractivity contribution is -0.117. The zero-order valence-corrected chi connectivity index (χ0v) is 9.45. The summed E-state index contributed by atoms with van der Waals surface area (Å²) in [5.74, 6) is -1.07. The van der Waals surface area contributed by atoms with Gasteiger partial charge in [-0.15, -0.1) is 0 Å². The number of phenolic OH excluding ortho intramolecular Hbond substituents is 1. The molecule has 0 aliphatic carbocycles. The summed E-state index contributed by atoms with van der Waals surface area (Å²) >= 11 is 0. The molecule has 1 aliphatic rings. The van der Waals surface area contributed by atoms with Gasteiger partial charge in [0.25, 0.3) is 0 Å². The normalized spacial score (nSPS) is 18.8. The van der Waals surface area contributed by atoms with Crippen molar-refractivity contribution in [3.8, 4) is 5.75 Å². The summed E-state index contributed by atoms with van der Waals surface area (Å²) in [6, 6.07) is 3.50. The summed E-state index contributed by atoms with van der Waals surface area (Å²) in [6.45, 7) is 0.595. The van der Waals surface area contributed by atoms with Crippen LogP contribution in [-0.4, -0.2) is 24.1 Å². The molecule has 6 nitrogen and oxygen atoms in total. The third kappa shape index (κ3) is 2.36. The molecule has 1 N–H and O–H groups in total. The molecule has 7 heteroatoms. The quantitative estimate of drug-likeness (QED) is 0.506. The summed E-state index contributed by atoms with van der Waals surface area (Å²) in [5.41, 5.74) is 8.51. The van der Waals surface area contributed by atoms with Crippen molar-refractivity contribution in [1.29, 1.82) is 0 Å². The van der Waals surface area contributed by atoms with Gasteiger partial charge in [-0.1, -0.05) is 5.11 Å². The fraction of sp³-hybridized carbons (Fsp3) is 0.364. The van der Waals surface area contributed by atoms with Crippen LogP contribution < -0.4 is 4.90 Å². The molecule has 0 radical (unpaired) electrons. The molecular formula is C11H11FN4O2. The maximum absolute atomic E-state index is 12.9. The van der Waals surface area contributed by atoms with E-state index in [1.807, 2.05) is 0 Å². The summed E-state index contributed by atoms with van der Waals surface area (Å²) in [4.78, 5) is 15.8. The number of nitrogens with zero attached hydrogens (tertiary/aromatic N) is 4. The molecule has 1 atom stereocenters. The molecule has 0 spiro atoms. The van der Waals surface area contributed by atoms with Gasteiger partial charge < -0.3 is 10.0 Å². The number of azide groups is 1. The number of aromatic hydroxyl groups is 1. The Kier molecular flexibility index (Phi) is 3.34. The summed E-state index contributed by atoms with van der Waals surface area (Å²) < 4.78 is 12.9. The van der Waals surface area contributed by atoms with Crippen LogP contribution in [0, 0.1) is 11.7 Å². The Morgan fingerprint density at radius 3 is 3.06 bits per heavy atom. The van der Waals surface area contributed by atoms with E-state index in [4.69, 9.17) is 5.53 Å². The Balaban J connectivity index is 2.18. The van der Waals surface area contributed by atoms with Crippen LogP contribution in [0.25, 0.3) is 10.4 Å². The average Bonchev–Trinajstić information content (AvgIpc) is 2.68. The molecule has 1 aromatic rings. The summed E-state index contributed by atoms with van der Waals surface area (Å²) in [6.07, 6.45) is 0.260. The number of hydrogen-bond donors (Lipinski definition) is 1. The van der Waals surface area contributed by atoms with E-state index in [0.29, 0.717) is 6.54 Å². The van der Waals surface area contributed by atoms with Gasteiger partial charge in [0.1, 0.15) is 11.6 Å². The molecule has 1 heterocycles. The Hall–Kier alpha value is -2.27. The Labute approximate surface area is 102 Å². The van der Waals surface area contributed by atoms with Crippen molar-refractivity contribution in [2.75, 3.05) is 18.0 Å². The standard InChI is InChI=1S/C11H11FN4O2/c12-8-1-2-9(10(17)4-8)16-6-7(3-11(16)18)5-14-15-13/h1-2,4,7,17H,3,5-6H2. The highest BCUT2D eigenvalue weighted by Crippen LogP contribution is 2.32. The molecule has 1 saturated heterocycles. The monoisotopic (exact) mass is 250 g/mol. The van der Waals surface area contributed by atoms with Crippen molar-refractivity contribution in [3.63, 3.8) is 0 Å². The van der Waals surface area contributed by atoms with Crippen molar-refractivity contribution >= 4 is 11.6 Å². The number of carbonyl (C=O) groups excluding carboxylic acids is 1. The Morgan fingerprint density at radius 2 is 2.39 bits per heavy atom. The molecule has 1 aliphatic heterocycles. The molecule has 0 aromatic heterocycles. The SMILES string of the molecule is [N-]=[N+]=NCC1CC(=O)N(c2ccc(F)cc2O)C1. The molecule has 1 aromatic carbocycles. The van der Waals surface area contributed by atoms with E-state index in [1.54, 1.807) is 0 Å². The number of anilines is 1. The second kappa shape index (κ2) is 4.93. The zero-order valence-electron chi connectivity index (χ0n) is 9.45. The first-order chi connectivity index (χ1) is 8.61. The van der Waals surface area contributed by atoms with Crippen LogP contribution in [0.15, 0.2) is 23.3 Å². The lowest BCUT2D eigenvalue weighted by Gasteiger charge is -2.17.